The van der Waals surface area contributed by atoms with Crippen molar-refractivity contribution in [3.63, 3.8) is 0 Å². The van der Waals surface area contributed by atoms with Crippen molar-refractivity contribution in [1.29, 1.82) is 0 Å². The zero-order valence-corrected chi connectivity index (χ0v) is 21.3. The van der Waals surface area contributed by atoms with Gasteiger partial charge in [0.05, 0.1) is 43.0 Å². The molecule has 1 aromatic heterocycles. The van der Waals surface area contributed by atoms with Crippen LogP contribution in [-0.4, -0.2) is 52.9 Å². The largest absolute Gasteiger partial charge is 0.490 e. The number of ketones is 1. The predicted octanol–water partition coefficient (Wildman–Crippen LogP) is 2.46. The number of rotatable bonds is 3. The predicted molar refractivity (Wildman–Crippen MR) is 122 cm³/mol. The fourth-order valence-corrected chi connectivity index (χ4v) is 9.96. The number of furan rings is 1. The minimum atomic E-state index is -1.58. The number of aliphatic hydroxyl groups is 2. The van der Waals surface area contributed by atoms with Gasteiger partial charge in [0.2, 0.25) is 0 Å². The highest BCUT2D eigenvalue weighted by molar-refractivity contribution is 5.97. The number of esters is 2. The summed E-state index contributed by atoms with van der Waals surface area (Å²) in [6, 6.07) is 1.71. The number of fused-ring (bicyclic) bond motifs is 1. The minimum absolute atomic E-state index is 0.0878. The van der Waals surface area contributed by atoms with Crippen LogP contribution >= 0.6 is 0 Å². The van der Waals surface area contributed by atoms with E-state index in [9.17, 15) is 24.6 Å². The van der Waals surface area contributed by atoms with Crippen molar-refractivity contribution in [1.82, 2.24) is 0 Å². The standard InChI is InChI=1S/C27H32O9/c1-22(2)14(9-18(30)33-6)24(4)17(10-15(22)28)36-25(5)26(24)16(29)11-23(3)20(13-7-8-34-12-13)35-21(32)19(31)27(23,25)26/h7-8,10,12,14,16,19-20,29,31H,9,11H2,1-6H3. The molecule has 3 heterocycles. The van der Waals surface area contributed by atoms with Crippen molar-refractivity contribution in [2.75, 3.05) is 7.11 Å². The molecule has 3 aliphatic carbocycles. The maximum atomic E-state index is 13.3. The number of ether oxygens (including phenoxy) is 3. The summed E-state index contributed by atoms with van der Waals surface area (Å²) in [5.74, 6) is -1.72. The van der Waals surface area contributed by atoms with Crippen LogP contribution in [-0.2, 0) is 28.6 Å². The van der Waals surface area contributed by atoms with Crippen molar-refractivity contribution in [2.24, 2.45) is 33.0 Å². The first-order valence-corrected chi connectivity index (χ1v) is 12.3. The Labute approximate surface area is 208 Å². The molecule has 1 aromatic rings. The van der Waals surface area contributed by atoms with Gasteiger partial charge < -0.3 is 28.8 Å². The molecule has 0 bridgehead atoms. The first-order valence-electron chi connectivity index (χ1n) is 12.3. The number of hydrogen-bond donors (Lipinski definition) is 2. The van der Waals surface area contributed by atoms with Gasteiger partial charge >= 0.3 is 11.9 Å². The summed E-state index contributed by atoms with van der Waals surface area (Å²) < 4.78 is 22.7. The molecule has 9 atom stereocenters. The lowest BCUT2D eigenvalue weighted by atomic mass is 9.49. The van der Waals surface area contributed by atoms with Crippen LogP contribution in [0, 0.1) is 33.0 Å². The topological polar surface area (TPSA) is 132 Å². The summed E-state index contributed by atoms with van der Waals surface area (Å²) in [5, 5.41) is 23.7. The molecule has 5 aliphatic rings. The third-order valence-corrected chi connectivity index (χ3v) is 11.1. The number of aliphatic hydroxyl groups excluding tert-OH is 2. The number of methoxy groups -OCH3 is 1. The summed E-state index contributed by atoms with van der Waals surface area (Å²) in [5.41, 5.74) is -6.00. The molecule has 9 nitrogen and oxygen atoms in total. The van der Waals surface area contributed by atoms with E-state index in [0.29, 0.717) is 11.3 Å². The van der Waals surface area contributed by atoms with Crippen LogP contribution in [0.3, 0.4) is 0 Å². The molecule has 2 saturated heterocycles. The number of cyclic esters (lactones) is 1. The zero-order chi connectivity index (χ0) is 26.3. The lowest BCUT2D eigenvalue weighted by Gasteiger charge is -2.54. The number of carbonyl (C=O) groups excluding carboxylic acids is 3. The van der Waals surface area contributed by atoms with Crippen LogP contribution < -0.4 is 0 Å². The van der Waals surface area contributed by atoms with Gasteiger partial charge in [0, 0.05) is 27.9 Å². The molecule has 2 spiro atoms. The van der Waals surface area contributed by atoms with E-state index in [1.807, 2.05) is 13.8 Å². The van der Waals surface area contributed by atoms with E-state index in [1.54, 1.807) is 26.8 Å². The molecule has 0 amide bonds. The molecule has 2 saturated carbocycles. The summed E-state index contributed by atoms with van der Waals surface area (Å²) in [6.07, 6.45) is 1.20. The Kier molecular flexibility index (Phi) is 4.23. The van der Waals surface area contributed by atoms with Crippen LogP contribution in [0.4, 0.5) is 0 Å². The van der Waals surface area contributed by atoms with Crippen molar-refractivity contribution >= 4 is 17.7 Å². The monoisotopic (exact) mass is 500 g/mol. The molecule has 0 aromatic carbocycles. The van der Waals surface area contributed by atoms with Crippen LogP contribution in [0.1, 0.15) is 59.1 Å². The highest BCUT2D eigenvalue weighted by Gasteiger charge is 3.08. The van der Waals surface area contributed by atoms with Crippen LogP contribution in [0.15, 0.2) is 34.8 Å². The summed E-state index contributed by atoms with van der Waals surface area (Å²) in [7, 11) is 1.29. The minimum Gasteiger partial charge on any atom is -0.490 e. The fourth-order valence-electron chi connectivity index (χ4n) is 9.96. The van der Waals surface area contributed by atoms with Gasteiger partial charge in [0.25, 0.3) is 0 Å². The van der Waals surface area contributed by atoms with Gasteiger partial charge in [-0.1, -0.05) is 27.7 Å². The van der Waals surface area contributed by atoms with Gasteiger partial charge in [-0.15, -0.1) is 0 Å². The van der Waals surface area contributed by atoms with Gasteiger partial charge in [-0.3, -0.25) is 9.59 Å². The highest BCUT2D eigenvalue weighted by Crippen LogP contribution is 2.99. The van der Waals surface area contributed by atoms with E-state index < -0.39 is 68.8 Å². The molecule has 0 radical (unpaired) electrons. The van der Waals surface area contributed by atoms with E-state index in [-0.39, 0.29) is 18.6 Å². The summed E-state index contributed by atoms with van der Waals surface area (Å²) >= 11 is 0. The Morgan fingerprint density at radius 2 is 1.83 bits per heavy atom. The first-order chi connectivity index (χ1) is 16.7. The van der Waals surface area contributed by atoms with Crippen LogP contribution in [0.2, 0.25) is 0 Å². The fraction of sp³-hybridized carbons (Fsp3) is 0.667. The number of allylic oxidation sites excluding steroid dienone is 2. The molecular weight excluding hydrogens is 468 g/mol. The molecule has 9 heteroatoms. The summed E-state index contributed by atoms with van der Waals surface area (Å²) in [4.78, 5) is 39.2. The van der Waals surface area contributed by atoms with Gasteiger partial charge in [-0.2, -0.15) is 0 Å². The maximum Gasteiger partial charge on any atom is 0.336 e. The number of hydrogen-bond acceptors (Lipinski definition) is 9. The molecule has 6 rings (SSSR count). The van der Waals surface area contributed by atoms with Gasteiger partial charge in [0.15, 0.2) is 11.9 Å². The van der Waals surface area contributed by atoms with E-state index in [2.05, 4.69) is 0 Å². The molecule has 9 unspecified atom stereocenters. The van der Waals surface area contributed by atoms with Crippen molar-refractivity contribution in [3.8, 4) is 0 Å². The van der Waals surface area contributed by atoms with Crippen LogP contribution in [0.25, 0.3) is 0 Å². The second-order valence-corrected chi connectivity index (χ2v) is 12.3. The Bertz CT molecular complexity index is 1230. The van der Waals surface area contributed by atoms with E-state index in [4.69, 9.17) is 18.6 Å². The normalized spacial score (nSPS) is 49.6. The van der Waals surface area contributed by atoms with Gasteiger partial charge in [0.1, 0.15) is 17.5 Å². The van der Waals surface area contributed by atoms with Crippen molar-refractivity contribution in [2.45, 2.75) is 71.4 Å². The molecular formula is C27H32O9. The smallest absolute Gasteiger partial charge is 0.336 e. The maximum absolute atomic E-state index is 13.3. The third-order valence-electron chi connectivity index (χ3n) is 11.1. The molecule has 194 valence electrons. The third kappa shape index (κ3) is 1.96. The Morgan fingerprint density at radius 3 is 2.44 bits per heavy atom. The Balaban J connectivity index is 1.63. The lowest BCUT2D eigenvalue weighted by Crippen LogP contribution is -2.59. The SMILES string of the molecule is COC(=O)CC1C(C)(C)C(=O)C=C2OC3(C)C45C(O)C(=O)OC(c6ccoc6)C4(C)CC(O)C35C21C. The number of carbonyl (C=O) groups is 3. The van der Waals surface area contributed by atoms with E-state index in [0.717, 1.165) is 0 Å². The van der Waals surface area contributed by atoms with Crippen molar-refractivity contribution < 1.29 is 43.2 Å². The first kappa shape index (κ1) is 23.7. The molecule has 4 fully saturated rings. The average molecular weight is 501 g/mol. The molecule has 36 heavy (non-hydrogen) atoms. The van der Waals surface area contributed by atoms with Gasteiger partial charge in [-0.25, -0.2) is 4.79 Å². The van der Waals surface area contributed by atoms with E-state index in [1.165, 1.54) is 25.7 Å². The van der Waals surface area contributed by atoms with Crippen molar-refractivity contribution in [3.05, 3.63) is 36.0 Å². The summed E-state index contributed by atoms with van der Waals surface area (Å²) in [6.45, 7) is 9.17. The second-order valence-electron chi connectivity index (χ2n) is 12.3. The van der Waals surface area contributed by atoms with Crippen LogP contribution in [0.5, 0.6) is 0 Å². The Hall–Kier alpha value is -2.65. The zero-order valence-electron chi connectivity index (χ0n) is 21.3. The molecule has 2 aliphatic heterocycles. The lowest BCUT2D eigenvalue weighted by molar-refractivity contribution is -0.218. The Morgan fingerprint density at radius 1 is 1.14 bits per heavy atom. The molecule has 2 N–H and O–H groups in total. The quantitative estimate of drug-likeness (QED) is 0.601. The second kappa shape index (κ2) is 6.42. The average Bonchev–Trinajstić information content (AvgIpc) is 3.20. The van der Waals surface area contributed by atoms with Gasteiger partial charge in [-0.05, 0) is 25.3 Å². The van der Waals surface area contributed by atoms with E-state index >= 15 is 0 Å². The highest BCUT2D eigenvalue weighted by atomic mass is 16.6.